The summed E-state index contributed by atoms with van der Waals surface area (Å²) in [5.41, 5.74) is -1.25. The predicted molar refractivity (Wildman–Crippen MR) is 127 cm³/mol. The zero-order valence-corrected chi connectivity index (χ0v) is 21.4. The van der Waals surface area contributed by atoms with E-state index in [0.717, 1.165) is 24.8 Å². The average molecular weight is 491 g/mol. The molecule has 8 atom stereocenters. The maximum atomic E-state index is 13.7. The van der Waals surface area contributed by atoms with Crippen LogP contribution in [0, 0.1) is 34.5 Å². The van der Waals surface area contributed by atoms with Crippen LogP contribution in [0.1, 0.15) is 66.7 Å². The lowest BCUT2D eigenvalue weighted by atomic mass is 9.47. The number of alkyl halides is 1. The molecule has 34 heavy (non-hydrogen) atoms. The van der Waals surface area contributed by atoms with E-state index in [-0.39, 0.29) is 52.5 Å². The molecule has 186 valence electrons. The van der Waals surface area contributed by atoms with Crippen LogP contribution in [0.4, 0.5) is 0 Å². The molecule has 0 aromatic rings. The minimum Gasteiger partial charge on any atom is -0.457 e. The smallest absolute Gasteiger partial charge is 0.305 e. The van der Waals surface area contributed by atoms with Gasteiger partial charge in [0.1, 0.15) is 0 Å². The minimum atomic E-state index is -1.40. The Balaban J connectivity index is 1.75. The summed E-state index contributed by atoms with van der Waals surface area (Å²) >= 11 is 7.18. The fourth-order valence-corrected chi connectivity index (χ4v) is 8.79. The summed E-state index contributed by atoms with van der Waals surface area (Å²) in [7, 11) is 0. The van der Waals surface area contributed by atoms with Crippen LogP contribution in [0.15, 0.2) is 23.8 Å². The lowest BCUT2D eigenvalue weighted by Gasteiger charge is -2.60. The molecule has 7 heteroatoms. The molecule has 0 saturated heterocycles. The molecule has 4 aliphatic carbocycles. The number of hydrogen-bond donors (Lipinski definition) is 0. The number of hydrogen-bond acceptors (Lipinski definition) is 6. The molecule has 4 aliphatic rings. The normalized spacial score (nSPS) is 42.7. The highest BCUT2D eigenvalue weighted by Crippen LogP contribution is 2.70. The first-order chi connectivity index (χ1) is 15.9. The van der Waals surface area contributed by atoms with Gasteiger partial charge in [-0.25, -0.2) is 0 Å². The van der Waals surface area contributed by atoms with Crippen molar-refractivity contribution in [2.75, 3.05) is 6.61 Å². The van der Waals surface area contributed by atoms with Gasteiger partial charge in [0.15, 0.2) is 18.0 Å². The first kappa shape index (κ1) is 25.2. The molecule has 0 aromatic carbocycles. The lowest BCUT2D eigenvalue weighted by molar-refractivity contribution is -0.195. The molecule has 0 heterocycles. The van der Waals surface area contributed by atoms with E-state index in [1.807, 2.05) is 19.9 Å². The van der Waals surface area contributed by atoms with E-state index in [1.165, 1.54) is 6.92 Å². The number of esters is 2. The van der Waals surface area contributed by atoms with Crippen LogP contribution in [-0.2, 0) is 28.7 Å². The zero-order valence-electron chi connectivity index (χ0n) is 20.7. The number of carbonyl (C=O) groups excluding carboxylic acids is 4. The molecule has 3 saturated carbocycles. The summed E-state index contributed by atoms with van der Waals surface area (Å²) in [5, 5.41) is -0.274. The van der Waals surface area contributed by atoms with Crippen molar-refractivity contribution in [1.82, 2.24) is 0 Å². The summed E-state index contributed by atoms with van der Waals surface area (Å²) in [6.07, 6.45) is 8.50. The lowest BCUT2D eigenvalue weighted by Crippen LogP contribution is -2.63. The van der Waals surface area contributed by atoms with Gasteiger partial charge in [-0.3, -0.25) is 19.2 Å². The van der Waals surface area contributed by atoms with Gasteiger partial charge < -0.3 is 9.47 Å². The summed E-state index contributed by atoms with van der Waals surface area (Å²) < 4.78 is 11.2. The Kier molecular flexibility index (Phi) is 6.37. The van der Waals surface area contributed by atoms with Crippen LogP contribution < -0.4 is 0 Å². The van der Waals surface area contributed by atoms with Gasteiger partial charge in [0.05, 0.1) is 0 Å². The van der Waals surface area contributed by atoms with Gasteiger partial charge in [0, 0.05) is 35.5 Å². The Bertz CT molecular complexity index is 984. The second-order valence-corrected chi connectivity index (χ2v) is 11.6. The van der Waals surface area contributed by atoms with Crippen LogP contribution >= 0.6 is 11.6 Å². The molecular formula is C27H35ClO6. The van der Waals surface area contributed by atoms with Crippen molar-refractivity contribution in [3.8, 4) is 0 Å². The van der Waals surface area contributed by atoms with Gasteiger partial charge in [-0.2, -0.15) is 0 Å². The van der Waals surface area contributed by atoms with E-state index >= 15 is 0 Å². The van der Waals surface area contributed by atoms with Gasteiger partial charge in [0.25, 0.3) is 0 Å². The van der Waals surface area contributed by atoms with E-state index in [1.54, 1.807) is 19.1 Å². The monoisotopic (exact) mass is 490 g/mol. The molecule has 0 aliphatic heterocycles. The molecule has 0 unspecified atom stereocenters. The first-order valence-electron chi connectivity index (χ1n) is 12.4. The Labute approximate surface area is 206 Å². The number of rotatable bonds is 5. The topological polar surface area (TPSA) is 86.7 Å². The second kappa shape index (κ2) is 8.61. The van der Waals surface area contributed by atoms with Crippen molar-refractivity contribution in [1.29, 1.82) is 0 Å². The highest BCUT2D eigenvalue weighted by molar-refractivity contribution is 6.21. The maximum Gasteiger partial charge on any atom is 0.305 e. The Morgan fingerprint density at radius 1 is 1.24 bits per heavy atom. The van der Waals surface area contributed by atoms with E-state index in [4.69, 9.17) is 21.1 Å². The van der Waals surface area contributed by atoms with Crippen molar-refractivity contribution in [2.45, 2.75) is 77.7 Å². The molecule has 3 fully saturated rings. The molecule has 0 bridgehead atoms. The molecule has 0 amide bonds. The summed E-state index contributed by atoms with van der Waals surface area (Å²) in [5.74, 6) is -1.13. The van der Waals surface area contributed by atoms with Crippen molar-refractivity contribution in [3.63, 3.8) is 0 Å². The Hall–Kier alpha value is -1.95. The van der Waals surface area contributed by atoms with Crippen molar-refractivity contribution in [3.05, 3.63) is 23.8 Å². The number of ether oxygens (including phenoxy) is 2. The maximum absolute atomic E-state index is 13.7. The molecular weight excluding hydrogens is 456 g/mol. The van der Waals surface area contributed by atoms with Gasteiger partial charge in [-0.05, 0) is 55.6 Å². The van der Waals surface area contributed by atoms with Crippen molar-refractivity contribution in [2.24, 2.45) is 34.5 Å². The average Bonchev–Trinajstić information content (AvgIpc) is 2.98. The quantitative estimate of drug-likeness (QED) is 0.414. The molecule has 0 radical (unpaired) electrons. The highest BCUT2D eigenvalue weighted by atomic mass is 35.5. The number of fused-ring (bicyclic) bond motifs is 5. The van der Waals surface area contributed by atoms with Crippen LogP contribution in [0.2, 0.25) is 0 Å². The van der Waals surface area contributed by atoms with Gasteiger partial charge in [-0.1, -0.05) is 39.3 Å². The van der Waals surface area contributed by atoms with Crippen LogP contribution in [0.25, 0.3) is 0 Å². The van der Waals surface area contributed by atoms with Crippen molar-refractivity contribution >= 4 is 35.1 Å². The van der Waals surface area contributed by atoms with Gasteiger partial charge in [0.2, 0.25) is 5.78 Å². The molecule has 4 rings (SSSR count). The molecule has 0 spiro atoms. The summed E-state index contributed by atoms with van der Waals surface area (Å²) in [4.78, 5) is 49.9. The van der Waals surface area contributed by atoms with E-state index in [0.29, 0.717) is 6.42 Å². The van der Waals surface area contributed by atoms with Gasteiger partial charge >= 0.3 is 11.9 Å². The molecule has 0 aromatic heterocycles. The number of carbonyl (C=O) groups is 4. The number of ketones is 2. The number of halogens is 1. The summed E-state index contributed by atoms with van der Waals surface area (Å²) in [6, 6.07) is 0. The van der Waals surface area contributed by atoms with E-state index in [2.05, 4.69) is 6.92 Å². The van der Waals surface area contributed by atoms with Crippen LogP contribution in [0.3, 0.4) is 0 Å². The largest absolute Gasteiger partial charge is 0.457 e. The molecule has 6 nitrogen and oxygen atoms in total. The number of allylic oxidation sites excluding steroid dienone is 4. The summed E-state index contributed by atoms with van der Waals surface area (Å²) in [6.45, 7) is 8.74. The van der Waals surface area contributed by atoms with E-state index < -0.39 is 29.6 Å². The fraction of sp³-hybridized carbons (Fsp3) is 0.704. The standard InChI is InChI=1S/C27H35ClO6/c1-6-23(32)33-14-22(31)27(34-16(3)29)15(2)11-20-19-8-7-17-12-18(30)9-10-25(17,4)24(19)21(28)13-26(20,27)5/h9-10,12,15,19-21,24H,6-8,11,13-14H2,1-5H3/t15-,19-,20-,21-,24+,25-,26-,27-/m0/s1. The second-order valence-electron chi connectivity index (χ2n) is 11.1. The first-order valence-corrected chi connectivity index (χ1v) is 12.8. The third-order valence-corrected chi connectivity index (χ3v) is 9.79. The highest BCUT2D eigenvalue weighted by Gasteiger charge is 2.72. The third-order valence-electron chi connectivity index (χ3n) is 9.37. The predicted octanol–water partition coefficient (Wildman–Crippen LogP) is 4.58. The van der Waals surface area contributed by atoms with Crippen LogP contribution in [-0.4, -0.2) is 41.1 Å². The fourth-order valence-electron chi connectivity index (χ4n) is 8.02. The Morgan fingerprint density at radius 2 is 1.94 bits per heavy atom. The SMILES string of the molecule is CCC(=O)OCC(=O)[C@@]1(OC(C)=O)[C@@H](C)C[C@H]2[C@@H]3CCC4=CC(=O)C=C[C@]4(C)[C@H]3[C@@H](Cl)C[C@@]21C. The minimum absolute atomic E-state index is 0.0216. The van der Waals surface area contributed by atoms with Gasteiger partial charge in [-0.15, -0.1) is 11.6 Å². The number of Topliss-reactive ketones (excluding diaryl/α,β-unsaturated/α-hetero) is 1. The zero-order chi connectivity index (χ0) is 25.1. The Morgan fingerprint density at radius 3 is 2.59 bits per heavy atom. The molecule has 0 N–H and O–H groups in total. The third kappa shape index (κ3) is 3.51. The van der Waals surface area contributed by atoms with E-state index in [9.17, 15) is 19.2 Å². The van der Waals surface area contributed by atoms with Crippen LogP contribution in [0.5, 0.6) is 0 Å². The van der Waals surface area contributed by atoms with Crippen molar-refractivity contribution < 1.29 is 28.7 Å².